The predicted molar refractivity (Wildman–Crippen MR) is 105 cm³/mol. The minimum atomic E-state index is -0.766. The van der Waals surface area contributed by atoms with Crippen molar-refractivity contribution >= 4 is 23.6 Å². The maximum absolute atomic E-state index is 12.7. The van der Waals surface area contributed by atoms with Gasteiger partial charge in [-0.2, -0.15) is 0 Å². The first kappa shape index (κ1) is 25.8. The summed E-state index contributed by atoms with van der Waals surface area (Å²) in [6, 6.07) is -2.09. The molecule has 0 aromatic carbocycles. The van der Waals surface area contributed by atoms with E-state index < -0.39 is 24.0 Å². The van der Waals surface area contributed by atoms with Crippen molar-refractivity contribution in [1.29, 1.82) is 0 Å². The summed E-state index contributed by atoms with van der Waals surface area (Å²) in [5, 5.41) is 7.86. The monoisotopic (exact) mass is 401 g/mol. The molecule has 0 aliphatic heterocycles. The van der Waals surface area contributed by atoms with Crippen LogP contribution in [0, 0.1) is 5.92 Å². The van der Waals surface area contributed by atoms with Crippen LogP contribution in [0.1, 0.15) is 46.5 Å². The summed E-state index contributed by atoms with van der Waals surface area (Å²) in [6.07, 6.45) is 1.24. The molecule has 0 aliphatic rings. The van der Waals surface area contributed by atoms with E-state index in [0.717, 1.165) is 0 Å². The zero-order valence-corrected chi connectivity index (χ0v) is 17.1. The molecule has 0 rings (SSSR count). The topological polar surface area (TPSA) is 166 Å². The SMILES string of the molecule is CCC(=O)[C@H](CCCNC(N)=O)NC(=O)[C@@H](NC(=O)CCOCCN)C(C)C. The smallest absolute Gasteiger partial charge is 0.312 e. The average molecular weight is 402 g/mol. The molecular formula is C18H35N5O5. The van der Waals surface area contributed by atoms with Gasteiger partial charge >= 0.3 is 6.03 Å². The first-order valence-corrected chi connectivity index (χ1v) is 9.66. The maximum Gasteiger partial charge on any atom is 0.312 e. The zero-order valence-electron chi connectivity index (χ0n) is 17.1. The molecule has 28 heavy (non-hydrogen) atoms. The number of carbonyl (C=O) groups excluding carboxylic acids is 4. The number of primary amides is 1. The summed E-state index contributed by atoms with van der Waals surface area (Å²) >= 11 is 0. The first-order valence-electron chi connectivity index (χ1n) is 9.66. The van der Waals surface area contributed by atoms with Gasteiger partial charge in [-0.25, -0.2) is 4.79 Å². The Labute approximate surface area is 166 Å². The van der Waals surface area contributed by atoms with Crippen LogP contribution in [0.15, 0.2) is 0 Å². The van der Waals surface area contributed by atoms with Crippen molar-refractivity contribution in [2.24, 2.45) is 17.4 Å². The fraction of sp³-hybridized carbons (Fsp3) is 0.778. The summed E-state index contributed by atoms with van der Waals surface area (Å²) in [6.45, 7) is 6.61. The van der Waals surface area contributed by atoms with Crippen molar-refractivity contribution in [3.8, 4) is 0 Å². The van der Waals surface area contributed by atoms with E-state index in [2.05, 4.69) is 16.0 Å². The lowest BCUT2D eigenvalue weighted by atomic mass is 10.00. The van der Waals surface area contributed by atoms with E-state index in [4.69, 9.17) is 16.2 Å². The van der Waals surface area contributed by atoms with Gasteiger partial charge in [0.25, 0.3) is 0 Å². The van der Waals surface area contributed by atoms with Crippen molar-refractivity contribution in [2.75, 3.05) is 26.3 Å². The highest BCUT2D eigenvalue weighted by Crippen LogP contribution is 2.07. The van der Waals surface area contributed by atoms with E-state index in [1.807, 2.05) is 13.8 Å². The number of hydrogen-bond acceptors (Lipinski definition) is 6. The molecule has 0 unspecified atom stereocenters. The summed E-state index contributed by atoms with van der Waals surface area (Å²) in [5.74, 6) is -1.00. The number of nitrogens with one attached hydrogen (secondary N) is 3. The lowest BCUT2D eigenvalue weighted by molar-refractivity contribution is -0.132. The van der Waals surface area contributed by atoms with Crippen molar-refractivity contribution < 1.29 is 23.9 Å². The molecule has 162 valence electrons. The Morgan fingerprint density at radius 1 is 1.07 bits per heavy atom. The molecule has 0 heterocycles. The number of rotatable bonds is 15. The van der Waals surface area contributed by atoms with Gasteiger partial charge in [0.2, 0.25) is 11.8 Å². The molecule has 4 amide bonds. The predicted octanol–water partition coefficient (Wildman–Crippen LogP) is -0.595. The molecule has 0 aliphatic carbocycles. The van der Waals surface area contributed by atoms with E-state index >= 15 is 0 Å². The van der Waals surface area contributed by atoms with Gasteiger partial charge in [-0.3, -0.25) is 14.4 Å². The minimum absolute atomic E-state index is 0.114. The largest absolute Gasteiger partial charge is 0.380 e. The van der Waals surface area contributed by atoms with Crippen LogP contribution in [0.5, 0.6) is 0 Å². The zero-order chi connectivity index (χ0) is 21.5. The molecular weight excluding hydrogens is 366 g/mol. The van der Waals surface area contributed by atoms with Crippen LogP contribution in [-0.2, 0) is 19.1 Å². The second kappa shape index (κ2) is 14.8. The van der Waals surface area contributed by atoms with E-state index in [1.54, 1.807) is 6.92 Å². The lowest BCUT2D eigenvalue weighted by Crippen LogP contribution is -2.53. The Morgan fingerprint density at radius 2 is 1.75 bits per heavy atom. The minimum Gasteiger partial charge on any atom is -0.380 e. The normalized spacial score (nSPS) is 12.9. The number of nitrogens with two attached hydrogens (primary N) is 2. The average Bonchev–Trinajstić information content (AvgIpc) is 2.64. The molecule has 7 N–H and O–H groups in total. The van der Waals surface area contributed by atoms with E-state index in [-0.39, 0.29) is 37.1 Å². The van der Waals surface area contributed by atoms with Crippen molar-refractivity contribution in [3.05, 3.63) is 0 Å². The first-order chi connectivity index (χ1) is 13.2. The van der Waals surface area contributed by atoms with Gasteiger partial charge in [-0.1, -0.05) is 20.8 Å². The second-order valence-corrected chi connectivity index (χ2v) is 6.75. The molecule has 2 atom stereocenters. The standard InChI is InChI=1S/C18H35N5O5/c1-4-14(24)13(6-5-9-21-18(20)27)22-17(26)16(12(2)3)23-15(25)7-10-28-11-8-19/h12-13,16H,4-11,19H2,1-3H3,(H,22,26)(H,23,25)(H3,20,21,27)/t13-,16-/m0/s1. The molecule has 0 saturated carbocycles. The number of ether oxygens (including phenoxy) is 1. The number of Topliss-reactive ketones (excluding diaryl/α,β-unsaturated/α-hetero) is 1. The summed E-state index contributed by atoms with van der Waals surface area (Å²) in [4.78, 5) is 47.6. The van der Waals surface area contributed by atoms with E-state index in [1.165, 1.54) is 0 Å². The third-order valence-corrected chi connectivity index (χ3v) is 4.02. The summed E-state index contributed by atoms with van der Waals surface area (Å²) in [7, 11) is 0. The van der Waals surface area contributed by atoms with E-state index in [0.29, 0.717) is 32.5 Å². The summed E-state index contributed by atoms with van der Waals surface area (Å²) < 4.78 is 5.17. The molecule has 10 heteroatoms. The van der Waals surface area contributed by atoms with Gasteiger partial charge in [-0.05, 0) is 18.8 Å². The molecule has 0 saturated heterocycles. The fourth-order valence-electron chi connectivity index (χ4n) is 2.47. The molecule has 10 nitrogen and oxygen atoms in total. The van der Waals surface area contributed by atoms with Crippen molar-refractivity contribution in [3.63, 3.8) is 0 Å². The molecule has 0 aromatic heterocycles. The number of ketones is 1. The third kappa shape index (κ3) is 11.5. The fourth-order valence-corrected chi connectivity index (χ4v) is 2.47. The van der Waals surface area contributed by atoms with Crippen LogP contribution >= 0.6 is 0 Å². The van der Waals surface area contributed by atoms with Crippen molar-refractivity contribution in [1.82, 2.24) is 16.0 Å². The van der Waals surface area contributed by atoms with Gasteiger partial charge in [0.1, 0.15) is 6.04 Å². The third-order valence-electron chi connectivity index (χ3n) is 4.02. The number of amides is 4. The van der Waals surface area contributed by atoms with Crippen molar-refractivity contribution in [2.45, 2.75) is 58.5 Å². The Balaban J connectivity index is 4.74. The van der Waals surface area contributed by atoms with Crippen LogP contribution in [0.25, 0.3) is 0 Å². The van der Waals surface area contributed by atoms with E-state index in [9.17, 15) is 19.2 Å². The van der Waals surface area contributed by atoms with Crippen LogP contribution in [0.3, 0.4) is 0 Å². The van der Waals surface area contributed by atoms with Gasteiger partial charge < -0.3 is 32.2 Å². The van der Waals surface area contributed by atoms with Gasteiger partial charge in [-0.15, -0.1) is 0 Å². The molecule has 0 bridgehead atoms. The Hall–Kier alpha value is -2.20. The van der Waals surface area contributed by atoms with Crippen LogP contribution < -0.4 is 27.4 Å². The quantitative estimate of drug-likeness (QED) is 0.230. The number of hydrogen-bond donors (Lipinski definition) is 5. The number of carbonyl (C=O) groups is 4. The molecule has 0 aromatic rings. The highest BCUT2D eigenvalue weighted by molar-refractivity contribution is 5.92. The molecule has 0 radical (unpaired) electrons. The van der Waals surface area contributed by atoms with Crippen LogP contribution in [0.4, 0.5) is 4.79 Å². The van der Waals surface area contributed by atoms with Gasteiger partial charge in [0.05, 0.1) is 19.3 Å². The summed E-state index contributed by atoms with van der Waals surface area (Å²) in [5.41, 5.74) is 10.3. The molecule has 0 spiro atoms. The Kier molecular flexibility index (Phi) is 13.6. The lowest BCUT2D eigenvalue weighted by Gasteiger charge is -2.25. The Bertz CT molecular complexity index is 513. The molecule has 0 fully saturated rings. The maximum atomic E-state index is 12.7. The highest BCUT2D eigenvalue weighted by Gasteiger charge is 2.27. The number of urea groups is 1. The second-order valence-electron chi connectivity index (χ2n) is 6.75. The van der Waals surface area contributed by atoms with Crippen LogP contribution in [0.2, 0.25) is 0 Å². The Morgan fingerprint density at radius 3 is 2.29 bits per heavy atom. The highest BCUT2D eigenvalue weighted by atomic mass is 16.5. The van der Waals surface area contributed by atoms with Crippen LogP contribution in [-0.4, -0.2) is 62.0 Å². The van der Waals surface area contributed by atoms with Gasteiger partial charge in [0, 0.05) is 25.9 Å². The van der Waals surface area contributed by atoms with Gasteiger partial charge in [0.15, 0.2) is 5.78 Å².